The first-order valence-electron chi connectivity index (χ1n) is 2.58. The highest BCUT2D eigenvalue weighted by molar-refractivity contribution is 5.15. The van der Waals surface area contributed by atoms with E-state index in [1.54, 1.807) is 0 Å². The number of nitrogens with zero attached hydrogens (tertiary/aromatic N) is 1. The molecule has 0 spiro atoms. The van der Waals surface area contributed by atoms with Gasteiger partial charge in [0, 0.05) is 0 Å². The summed E-state index contributed by atoms with van der Waals surface area (Å²) >= 11 is 0. The summed E-state index contributed by atoms with van der Waals surface area (Å²) in [6.07, 6.45) is 2.50. The lowest BCUT2D eigenvalue weighted by molar-refractivity contribution is 0.907. The first kappa shape index (κ1) is 4.64. The van der Waals surface area contributed by atoms with Crippen LogP contribution in [0.4, 0.5) is 0 Å². The zero-order valence-electron chi connectivity index (χ0n) is 4.44. The van der Waals surface area contributed by atoms with E-state index in [9.17, 15) is 0 Å². The first-order chi connectivity index (χ1) is 3.34. The van der Waals surface area contributed by atoms with Gasteiger partial charge in [0.15, 0.2) is 0 Å². The van der Waals surface area contributed by atoms with Gasteiger partial charge in [-0.2, -0.15) is 5.26 Å². The van der Waals surface area contributed by atoms with E-state index in [2.05, 4.69) is 6.07 Å². The molecule has 1 rings (SSSR count). The normalized spacial score (nSPS) is 19.6. The summed E-state index contributed by atoms with van der Waals surface area (Å²) in [5.41, 5.74) is 0. The fourth-order valence-electron chi connectivity index (χ4n) is 0.608. The van der Waals surface area contributed by atoms with Gasteiger partial charge in [0.2, 0.25) is 0 Å². The highest BCUT2D eigenvalue weighted by Gasteiger charge is 2.27. The van der Waals surface area contributed by atoms with E-state index in [4.69, 9.17) is 5.26 Å². The third-order valence-electron chi connectivity index (χ3n) is 1.37. The smallest absolute Gasteiger partial charge is 0.0759 e. The Kier molecular flexibility index (Phi) is 1.02. The van der Waals surface area contributed by atoms with Crippen molar-refractivity contribution in [1.82, 2.24) is 0 Å². The quantitative estimate of drug-likeness (QED) is 0.483. The Bertz CT molecular complexity index is 97.2. The molecule has 0 unspecified atom stereocenters. The van der Waals surface area contributed by atoms with Crippen LogP contribution in [-0.4, -0.2) is 0 Å². The molecule has 1 aliphatic rings. The van der Waals surface area contributed by atoms with Gasteiger partial charge in [-0.3, -0.25) is 0 Å². The standard InChI is InChI=1S/C6H8N/c1-5(4-7)6-2-3-6/h6H,2-3H2,1H3. The molecule has 0 N–H and O–H groups in total. The highest BCUT2D eigenvalue weighted by Crippen LogP contribution is 2.37. The summed E-state index contributed by atoms with van der Waals surface area (Å²) in [5.74, 6) is 1.69. The minimum Gasteiger partial charge on any atom is -0.198 e. The van der Waals surface area contributed by atoms with E-state index in [0.29, 0.717) is 5.92 Å². The second-order valence-corrected chi connectivity index (χ2v) is 2.07. The summed E-state index contributed by atoms with van der Waals surface area (Å²) < 4.78 is 0. The average Bonchev–Trinajstić information content (AvgIpc) is 2.44. The summed E-state index contributed by atoms with van der Waals surface area (Å²) in [7, 11) is 0. The molecule has 1 radical (unpaired) electrons. The SMILES string of the molecule is C[C](C#N)C1CC1. The van der Waals surface area contributed by atoms with Gasteiger partial charge in [0.1, 0.15) is 0 Å². The van der Waals surface area contributed by atoms with Crippen LogP contribution in [0.25, 0.3) is 0 Å². The van der Waals surface area contributed by atoms with E-state index < -0.39 is 0 Å². The molecule has 1 heteroatoms. The zero-order valence-corrected chi connectivity index (χ0v) is 4.44. The van der Waals surface area contributed by atoms with Crippen molar-refractivity contribution in [2.75, 3.05) is 0 Å². The molecular formula is C6H8N. The Labute approximate surface area is 44.0 Å². The molecule has 1 saturated carbocycles. The molecule has 0 aromatic rings. The monoisotopic (exact) mass is 94.1 g/mol. The molecule has 0 atom stereocenters. The Morgan fingerprint density at radius 1 is 1.71 bits per heavy atom. The minimum atomic E-state index is 0.671. The molecule has 37 valence electrons. The summed E-state index contributed by atoms with van der Waals surface area (Å²) in [6.45, 7) is 1.91. The molecule has 1 fully saturated rings. The number of nitriles is 1. The van der Waals surface area contributed by atoms with Crippen LogP contribution in [0.1, 0.15) is 19.8 Å². The molecule has 0 heterocycles. The van der Waals surface area contributed by atoms with Gasteiger partial charge in [-0.1, -0.05) is 0 Å². The Hall–Kier alpha value is -0.510. The highest BCUT2D eigenvalue weighted by atomic mass is 14.4. The van der Waals surface area contributed by atoms with Gasteiger partial charge in [0.25, 0.3) is 0 Å². The van der Waals surface area contributed by atoms with Crippen LogP contribution in [-0.2, 0) is 0 Å². The van der Waals surface area contributed by atoms with Crippen LogP contribution >= 0.6 is 0 Å². The average molecular weight is 94.1 g/mol. The third-order valence-corrected chi connectivity index (χ3v) is 1.37. The van der Waals surface area contributed by atoms with Gasteiger partial charge >= 0.3 is 0 Å². The molecule has 0 aliphatic heterocycles. The van der Waals surface area contributed by atoms with Crippen molar-refractivity contribution in [3.8, 4) is 6.07 Å². The van der Waals surface area contributed by atoms with Gasteiger partial charge in [-0.05, 0) is 25.7 Å². The summed E-state index contributed by atoms with van der Waals surface area (Å²) in [5, 5.41) is 8.26. The topological polar surface area (TPSA) is 23.8 Å². The maximum absolute atomic E-state index is 8.26. The number of hydrogen-bond acceptors (Lipinski definition) is 1. The van der Waals surface area contributed by atoms with Crippen LogP contribution in [0.15, 0.2) is 0 Å². The Morgan fingerprint density at radius 2 is 2.29 bits per heavy atom. The first-order valence-corrected chi connectivity index (χ1v) is 2.58. The van der Waals surface area contributed by atoms with Crippen molar-refractivity contribution in [1.29, 1.82) is 5.26 Å². The van der Waals surface area contributed by atoms with Crippen molar-refractivity contribution in [2.45, 2.75) is 19.8 Å². The van der Waals surface area contributed by atoms with E-state index in [0.717, 1.165) is 5.92 Å². The van der Waals surface area contributed by atoms with E-state index >= 15 is 0 Å². The van der Waals surface area contributed by atoms with Crippen LogP contribution in [0.3, 0.4) is 0 Å². The maximum atomic E-state index is 8.26. The number of hydrogen-bond donors (Lipinski definition) is 0. The van der Waals surface area contributed by atoms with Crippen LogP contribution in [0.2, 0.25) is 0 Å². The van der Waals surface area contributed by atoms with Crippen molar-refractivity contribution < 1.29 is 0 Å². The maximum Gasteiger partial charge on any atom is 0.0759 e. The fourth-order valence-corrected chi connectivity index (χ4v) is 0.608. The zero-order chi connectivity index (χ0) is 5.28. The molecule has 1 nitrogen and oxygen atoms in total. The summed E-state index contributed by atoms with van der Waals surface area (Å²) in [4.78, 5) is 0. The third kappa shape index (κ3) is 0.928. The predicted octanol–water partition coefficient (Wildman–Crippen LogP) is 1.51. The Balaban J connectivity index is 2.27. The molecular weight excluding hydrogens is 86.1 g/mol. The lowest BCUT2D eigenvalue weighted by Crippen LogP contribution is -1.85. The van der Waals surface area contributed by atoms with Crippen molar-refractivity contribution in [3.63, 3.8) is 0 Å². The van der Waals surface area contributed by atoms with Crippen molar-refractivity contribution in [2.24, 2.45) is 5.92 Å². The van der Waals surface area contributed by atoms with Crippen molar-refractivity contribution >= 4 is 0 Å². The fraction of sp³-hybridized carbons (Fsp3) is 0.667. The molecule has 0 aromatic carbocycles. The lowest BCUT2D eigenvalue weighted by atomic mass is 10.1. The van der Waals surface area contributed by atoms with Crippen molar-refractivity contribution in [3.05, 3.63) is 5.92 Å². The molecule has 1 aliphatic carbocycles. The number of rotatable bonds is 1. The second kappa shape index (κ2) is 1.54. The minimum absolute atomic E-state index is 0.671. The van der Waals surface area contributed by atoms with Crippen LogP contribution < -0.4 is 0 Å². The Morgan fingerprint density at radius 3 is 2.43 bits per heavy atom. The van der Waals surface area contributed by atoms with Gasteiger partial charge in [-0.25, -0.2) is 0 Å². The summed E-state index contributed by atoms with van der Waals surface area (Å²) in [6, 6.07) is 2.14. The van der Waals surface area contributed by atoms with Gasteiger partial charge in [-0.15, -0.1) is 0 Å². The molecule has 0 bridgehead atoms. The second-order valence-electron chi connectivity index (χ2n) is 2.07. The van der Waals surface area contributed by atoms with Crippen LogP contribution in [0.5, 0.6) is 0 Å². The van der Waals surface area contributed by atoms with E-state index in [-0.39, 0.29) is 0 Å². The molecule has 0 aromatic heterocycles. The van der Waals surface area contributed by atoms with Gasteiger partial charge < -0.3 is 0 Å². The van der Waals surface area contributed by atoms with Gasteiger partial charge in [0.05, 0.1) is 12.0 Å². The van der Waals surface area contributed by atoms with E-state index in [1.807, 2.05) is 6.92 Å². The predicted molar refractivity (Wildman–Crippen MR) is 27.3 cm³/mol. The van der Waals surface area contributed by atoms with Crippen LogP contribution in [0, 0.1) is 23.2 Å². The molecule has 7 heavy (non-hydrogen) atoms. The largest absolute Gasteiger partial charge is 0.198 e. The lowest BCUT2D eigenvalue weighted by Gasteiger charge is -1.89. The van der Waals surface area contributed by atoms with E-state index in [1.165, 1.54) is 12.8 Å². The molecule has 0 saturated heterocycles. The molecule has 0 amide bonds.